The zero-order chi connectivity index (χ0) is 27.7. The molecule has 0 N–H and O–H groups in total. The van der Waals surface area contributed by atoms with E-state index in [-0.39, 0.29) is 30.0 Å². The third-order valence-corrected chi connectivity index (χ3v) is 7.43. The molecule has 1 aliphatic rings. The lowest BCUT2D eigenvalue weighted by atomic mass is 9.82. The number of ether oxygens (including phenoxy) is 1. The summed E-state index contributed by atoms with van der Waals surface area (Å²) in [5, 5.41) is 9.40. The smallest absolute Gasteiger partial charge is 0.343 e. The van der Waals surface area contributed by atoms with Gasteiger partial charge in [-0.15, -0.1) is 5.10 Å². The Morgan fingerprint density at radius 3 is 2.46 bits per heavy atom. The highest BCUT2D eigenvalue weighted by atomic mass is 16.5. The molecule has 204 valence electrons. The molecule has 0 unspecified atom stereocenters. The third-order valence-electron chi connectivity index (χ3n) is 7.43. The summed E-state index contributed by atoms with van der Waals surface area (Å²) in [6.45, 7) is 10.1. The molecule has 9 heteroatoms. The first-order valence-corrected chi connectivity index (χ1v) is 13.8. The van der Waals surface area contributed by atoms with E-state index < -0.39 is 5.97 Å². The van der Waals surface area contributed by atoms with Gasteiger partial charge in [0, 0.05) is 41.7 Å². The Balaban J connectivity index is 1.48. The first kappa shape index (κ1) is 26.6. The Bertz CT molecular complexity index is 1480. The molecular formula is C30H36N6O3. The van der Waals surface area contributed by atoms with Gasteiger partial charge in [-0.1, -0.05) is 19.1 Å². The van der Waals surface area contributed by atoms with Gasteiger partial charge in [-0.3, -0.25) is 9.69 Å². The molecule has 1 aliphatic carbocycles. The van der Waals surface area contributed by atoms with Gasteiger partial charge in [-0.25, -0.2) is 19.0 Å². The molecule has 4 aromatic rings. The van der Waals surface area contributed by atoms with Crippen molar-refractivity contribution in [1.82, 2.24) is 24.4 Å². The van der Waals surface area contributed by atoms with Crippen molar-refractivity contribution in [3.63, 3.8) is 0 Å². The van der Waals surface area contributed by atoms with Gasteiger partial charge in [-0.05, 0) is 77.5 Å². The molecule has 0 atom stereocenters. The van der Waals surface area contributed by atoms with Gasteiger partial charge in [0.05, 0.1) is 18.0 Å². The van der Waals surface area contributed by atoms with Crippen LogP contribution in [-0.2, 0) is 9.53 Å². The Kier molecular flexibility index (Phi) is 7.50. The first-order valence-electron chi connectivity index (χ1n) is 13.8. The molecule has 1 amide bonds. The number of nitrogens with zero attached hydrogens (tertiary/aromatic N) is 6. The van der Waals surface area contributed by atoms with Gasteiger partial charge < -0.3 is 4.74 Å². The number of rotatable bonds is 7. The molecule has 0 aliphatic heterocycles. The van der Waals surface area contributed by atoms with E-state index in [9.17, 15) is 9.59 Å². The number of esters is 1. The van der Waals surface area contributed by atoms with Crippen molar-refractivity contribution >= 4 is 23.3 Å². The molecule has 1 saturated carbocycles. The van der Waals surface area contributed by atoms with E-state index >= 15 is 0 Å². The van der Waals surface area contributed by atoms with Crippen LogP contribution in [0.3, 0.4) is 0 Å². The number of aromatic nitrogens is 5. The molecule has 5 rings (SSSR count). The Morgan fingerprint density at radius 1 is 1.08 bits per heavy atom. The average Bonchev–Trinajstić information content (AvgIpc) is 3.54. The molecule has 1 fully saturated rings. The molecule has 9 nitrogen and oxygen atoms in total. The maximum Gasteiger partial charge on any atom is 0.343 e. The number of aryl methyl sites for hydroxylation is 1. The van der Waals surface area contributed by atoms with E-state index in [2.05, 4.69) is 17.0 Å². The van der Waals surface area contributed by atoms with Crippen LogP contribution >= 0.6 is 0 Å². The molecule has 0 spiro atoms. The van der Waals surface area contributed by atoms with Crippen molar-refractivity contribution < 1.29 is 14.3 Å². The van der Waals surface area contributed by atoms with Crippen LogP contribution < -0.4 is 4.90 Å². The number of carbonyl (C=O) groups excluding carboxylic acids is 2. The summed E-state index contributed by atoms with van der Waals surface area (Å²) >= 11 is 0. The fourth-order valence-electron chi connectivity index (χ4n) is 5.24. The first-order chi connectivity index (χ1) is 18.7. The summed E-state index contributed by atoms with van der Waals surface area (Å²) in [6.07, 6.45) is 7.35. The second-order valence-electron chi connectivity index (χ2n) is 10.7. The van der Waals surface area contributed by atoms with E-state index in [1.165, 1.54) is 0 Å². The largest absolute Gasteiger partial charge is 0.462 e. The fourth-order valence-corrected chi connectivity index (χ4v) is 5.24. The van der Waals surface area contributed by atoms with Crippen LogP contribution in [0.25, 0.3) is 22.6 Å². The molecular weight excluding hydrogens is 492 g/mol. The maximum atomic E-state index is 13.7. The lowest BCUT2D eigenvalue weighted by Gasteiger charge is -2.32. The van der Waals surface area contributed by atoms with Crippen molar-refractivity contribution in [3.05, 3.63) is 60.0 Å². The molecule has 1 aromatic carbocycles. The van der Waals surface area contributed by atoms with Crippen LogP contribution in [0.2, 0.25) is 0 Å². The number of hydrogen-bond donors (Lipinski definition) is 0. The highest BCUT2D eigenvalue weighted by Gasteiger charge is 2.34. The number of benzene rings is 1. The summed E-state index contributed by atoms with van der Waals surface area (Å²) in [4.78, 5) is 32.9. The maximum absolute atomic E-state index is 13.7. The summed E-state index contributed by atoms with van der Waals surface area (Å²) in [7, 11) is 0. The number of fused-ring (bicyclic) bond motifs is 1. The number of anilines is 1. The molecule has 3 aromatic heterocycles. The predicted octanol–water partition coefficient (Wildman–Crippen LogP) is 5.63. The zero-order valence-electron chi connectivity index (χ0n) is 23.3. The molecule has 0 bridgehead atoms. The van der Waals surface area contributed by atoms with Crippen LogP contribution in [0, 0.1) is 18.8 Å². The number of hydrogen-bond acceptors (Lipinski definition) is 6. The van der Waals surface area contributed by atoms with Crippen molar-refractivity contribution in [3.8, 4) is 16.9 Å². The predicted molar refractivity (Wildman–Crippen MR) is 150 cm³/mol. The average molecular weight is 529 g/mol. The molecule has 0 radical (unpaired) electrons. The van der Waals surface area contributed by atoms with Crippen LogP contribution in [0.5, 0.6) is 0 Å². The summed E-state index contributed by atoms with van der Waals surface area (Å²) in [5.74, 6) is 0.460. The monoisotopic (exact) mass is 528 g/mol. The van der Waals surface area contributed by atoms with E-state index in [1.54, 1.807) is 27.2 Å². The minimum absolute atomic E-state index is 0.0266. The van der Waals surface area contributed by atoms with E-state index in [0.29, 0.717) is 11.7 Å². The zero-order valence-corrected chi connectivity index (χ0v) is 23.3. The standard InChI is InChI=1S/C30H36N6O3/c1-6-39-30(38)25-18-35(33-28(25)36(19(2)3)29(37)23-9-7-20(4)8-10-23)24-13-11-22(12-14-24)26-17-27-31-21(5)15-16-34(27)32-26/h11-20,23H,6-10H2,1-5H3. The van der Waals surface area contributed by atoms with Crippen molar-refractivity contribution in [2.75, 3.05) is 11.5 Å². The minimum atomic E-state index is -0.487. The van der Waals surface area contributed by atoms with Crippen LogP contribution in [-0.4, -0.2) is 48.9 Å². The summed E-state index contributed by atoms with van der Waals surface area (Å²) in [5.41, 5.74) is 4.51. The van der Waals surface area contributed by atoms with Gasteiger partial charge in [0.2, 0.25) is 5.91 Å². The van der Waals surface area contributed by atoms with Crippen molar-refractivity contribution in [1.29, 1.82) is 0 Å². The topological polar surface area (TPSA) is 94.6 Å². The minimum Gasteiger partial charge on any atom is -0.462 e. The fraction of sp³-hybridized carbons (Fsp3) is 0.433. The van der Waals surface area contributed by atoms with Gasteiger partial charge in [0.1, 0.15) is 5.56 Å². The summed E-state index contributed by atoms with van der Waals surface area (Å²) < 4.78 is 8.75. The summed E-state index contributed by atoms with van der Waals surface area (Å²) in [6, 6.07) is 11.5. The van der Waals surface area contributed by atoms with Crippen LogP contribution in [0.4, 0.5) is 5.82 Å². The van der Waals surface area contributed by atoms with Gasteiger partial charge in [0.25, 0.3) is 0 Å². The van der Waals surface area contributed by atoms with Crippen molar-refractivity contribution in [2.45, 2.75) is 66.3 Å². The normalized spacial score (nSPS) is 17.5. The van der Waals surface area contributed by atoms with E-state index in [4.69, 9.17) is 9.84 Å². The van der Waals surface area contributed by atoms with Gasteiger partial charge >= 0.3 is 5.97 Å². The van der Waals surface area contributed by atoms with E-state index in [0.717, 1.165) is 54.0 Å². The van der Waals surface area contributed by atoms with Crippen LogP contribution in [0.15, 0.2) is 48.8 Å². The Hall–Kier alpha value is -4.01. The quantitative estimate of drug-likeness (QED) is 0.288. The Morgan fingerprint density at radius 2 is 1.79 bits per heavy atom. The second-order valence-corrected chi connectivity index (χ2v) is 10.7. The highest BCUT2D eigenvalue weighted by Crippen LogP contribution is 2.33. The van der Waals surface area contributed by atoms with Gasteiger partial charge in [0.15, 0.2) is 11.5 Å². The third kappa shape index (κ3) is 5.44. The van der Waals surface area contributed by atoms with E-state index in [1.807, 2.05) is 63.4 Å². The van der Waals surface area contributed by atoms with Crippen LogP contribution in [0.1, 0.15) is 69.4 Å². The lowest BCUT2D eigenvalue weighted by Crippen LogP contribution is -2.43. The highest BCUT2D eigenvalue weighted by molar-refractivity contribution is 6.02. The molecule has 39 heavy (non-hydrogen) atoms. The van der Waals surface area contributed by atoms with Gasteiger partial charge in [-0.2, -0.15) is 5.10 Å². The lowest BCUT2D eigenvalue weighted by molar-refractivity contribution is -0.124. The number of amides is 1. The Labute approximate surface area is 228 Å². The molecule has 0 saturated heterocycles. The SMILES string of the molecule is CCOC(=O)c1cn(-c2ccc(-c3cc4nc(C)ccn4n3)cc2)nc1N(C(=O)C1CCC(C)CC1)C(C)C. The second kappa shape index (κ2) is 11.0. The molecule has 3 heterocycles. The van der Waals surface area contributed by atoms with Crippen molar-refractivity contribution in [2.24, 2.45) is 11.8 Å². The number of carbonyl (C=O) groups is 2.